The number of ketones is 1. The van der Waals surface area contributed by atoms with Gasteiger partial charge in [0.25, 0.3) is 0 Å². The van der Waals surface area contributed by atoms with Crippen molar-refractivity contribution < 1.29 is 22.7 Å². The highest BCUT2D eigenvalue weighted by molar-refractivity contribution is 14.1. The number of hydrogen-bond donors (Lipinski definition) is 0. The minimum absolute atomic E-state index is 0.0930. The van der Waals surface area contributed by atoms with E-state index in [0.29, 0.717) is 9.13 Å². The van der Waals surface area contributed by atoms with E-state index in [1.165, 1.54) is 13.0 Å². The van der Waals surface area contributed by atoms with Crippen LogP contribution in [0, 0.1) is 3.57 Å². The summed E-state index contributed by atoms with van der Waals surface area (Å²) in [5.41, 5.74) is 0.349. The monoisotopic (exact) mass is 408 g/mol. The van der Waals surface area contributed by atoms with Crippen LogP contribution in [0.5, 0.6) is 5.75 Å². The smallest absolute Gasteiger partial charge is 0.405 e. The van der Waals surface area contributed by atoms with E-state index in [1.807, 2.05) is 0 Å². The molecule has 16 heavy (non-hydrogen) atoms. The highest BCUT2D eigenvalue weighted by atomic mass is 127. The Kier molecular flexibility index (Phi) is 4.22. The van der Waals surface area contributed by atoms with Crippen LogP contribution < -0.4 is 4.74 Å². The lowest BCUT2D eigenvalue weighted by Crippen LogP contribution is -2.17. The van der Waals surface area contributed by atoms with Gasteiger partial charge in [-0.3, -0.25) is 4.79 Å². The first-order valence-electron chi connectivity index (χ1n) is 3.96. The fourth-order valence-electron chi connectivity index (χ4n) is 1.00. The SMILES string of the molecule is CC(=O)c1cc(Br)c(OC(F)(F)F)cc1I. The average molecular weight is 409 g/mol. The van der Waals surface area contributed by atoms with E-state index in [0.717, 1.165) is 6.07 Å². The van der Waals surface area contributed by atoms with Crippen molar-refractivity contribution in [2.24, 2.45) is 0 Å². The van der Waals surface area contributed by atoms with Crippen molar-refractivity contribution in [2.75, 3.05) is 0 Å². The second-order valence-corrected chi connectivity index (χ2v) is 4.88. The molecule has 0 atom stereocenters. The molecule has 0 bridgehead atoms. The molecular formula is C9H5BrF3IO2. The Labute approximate surface area is 111 Å². The zero-order valence-electron chi connectivity index (χ0n) is 7.86. The summed E-state index contributed by atoms with van der Waals surface area (Å²) in [6.45, 7) is 1.34. The topological polar surface area (TPSA) is 26.3 Å². The van der Waals surface area contributed by atoms with Gasteiger partial charge in [0.1, 0.15) is 5.75 Å². The number of benzene rings is 1. The number of Topliss-reactive ketones (excluding diaryl/α,β-unsaturated/α-hetero) is 1. The van der Waals surface area contributed by atoms with E-state index in [4.69, 9.17) is 0 Å². The summed E-state index contributed by atoms with van der Waals surface area (Å²) in [7, 11) is 0. The van der Waals surface area contributed by atoms with Crippen molar-refractivity contribution >= 4 is 44.3 Å². The molecule has 7 heteroatoms. The predicted octanol–water partition coefficient (Wildman–Crippen LogP) is 4.15. The lowest BCUT2D eigenvalue weighted by molar-refractivity contribution is -0.274. The van der Waals surface area contributed by atoms with E-state index in [1.54, 1.807) is 22.6 Å². The molecule has 1 rings (SSSR count). The number of halogens is 5. The maximum Gasteiger partial charge on any atom is 0.573 e. The molecule has 0 saturated carbocycles. The van der Waals surface area contributed by atoms with Crippen LogP contribution in [-0.2, 0) is 0 Å². The molecule has 0 spiro atoms. The second-order valence-electron chi connectivity index (χ2n) is 2.87. The first-order valence-corrected chi connectivity index (χ1v) is 5.83. The van der Waals surface area contributed by atoms with Crippen LogP contribution in [0.1, 0.15) is 17.3 Å². The maximum atomic E-state index is 12.0. The first-order chi connectivity index (χ1) is 7.20. The van der Waals surface area contributed by atoms with Gasteiger partial charge < -0.3 is 4.74 Å². The number of hydrogen-bond acceptors (Lipinski definition) is 2. The Balaban J connectivity index is 3.16. The number of ether oxygens (including phenoxy) is 1. The number of rotatable bonds is 2. The third-order valence-corrected chi connectivity index (χ3v) is 3.14. The molecule has 0 aromatic heterocycles. The number of alkyl halides is 3. The van der Waals surface area contributed by atoms with Crippen molar-refractivity contribution in [3.8, 4) is 5.75 Å². The molecule has 1 aromatic rings. The van der Waals surface area contributed by atoms with Gasteiger partial charge in [-0.25, -0.2) is 0 Å². The van der Waals surface area contributed by atoms with Crippen molar-refractivity contribution in [1.29, 1.82) is 0 Å². The highest BCUT2D eigenvalue weighted by Gasteiger charge is 2.32. The summed E-state index contributed by atoms with van der Waals surface area (Å²) in [4.78, 5) is 11.1. The lowest BCUT2D eigenvalue weighted by atomic mass is 10.1. The molecular weight excluding hydrogens is 404 g/mol. The summed E-state index contributed by atoms with van der Waals surface area (Å²) < 4.78 is 40.3. The molecule has 88 valence electrons. The van der Waals surface area contributed by atoms with Crippen molar-refractivity contribution in [2.45, 2.75) is 13.3 Å². The average Bonchev–Trinajstić information content (AvgIpc) is 2.07. The third-order valence-electron chi connectivity index (χ3n) is 1.63. The maximum absolute atomic E-state index is 12.0. The Morgan fingerprint density at radius 3 is 2.44 bits per heavy atom. The molecule has 0 N–H and O–H groups in total. The van der Waals surface area contributed by atoms with E-state index in [-0.39, 0.29) is 16.0 Å². The zero-order valence-corrected chi connectivity index (χ0v) is 11.6. The Morgan fingerprint density at radius 2 is 2.00 bits per heavy atom. The molecule has 1 aromatic carbocycles. The van der Waals surface area contributed by atoms with Gasteiger partial charge in [-0.05, 0) is 57.6 Å². The van der Waals surface area contributed by atoms with E-state index < -0.39 is 6.36 Å². The predicted molar refractivity (Wildman–Crippen MR) is 63.5 cm³/mol. The Hall–Kier alpha value is -0.310. The van der Waals surface area contributed by atoms with Gasteiger partial charge in [0, 0.05) is 9.13 Å². The van der Waals surface area contributed by atoms with Crippen LogP contribution in [0.15, 0.2) is 16.6 Å². The zero-order chi connectivity index (χ0) is 12.5. The van der Waals surface area contributed by atoms with Gasteiger partial charge in [0.05, 0.1) is 4.47 Å². The van der Waals surface area contributed by atoms with Gasteiger partial charge in [-0.2, -0.15) is 0 Å². The van der Waals surface area contributed by atoms with Gasteiger partial charge in [0.15, 0.2) is 5.78 Å². The van der Waals surface area contributed by atoms with Crippen LogP contribution in [0.25, 0.3) is 0 Å². The molecule has 0 unspecified atom stereocenters. The summed E-state index contributed by atoms with van der Waals surface area (Å²) >= 11 is 4.70. The molecule has 0 radical (unpaired) electrons. The molecule has 2 nitrogen and oxygen atoms in total. The standard InChI is InChI=1S/C9H5BrF3IO2/c1-4(15)5-2-6(10)8(3-7(5)14)16-9(11,12)13/h2-3H,1H3. The molecule has 0 amide bonds. The highest BCUT2D eigenvalue weighted by Crippen LogP contribution is 2.33. The minimum Gasteiger partial charge on any atom is -0.405 e. The quantitative estimate of drug-likeness (QED) is 0.542. The Morgan fingerprint density at radius 1 is 1.44 bits per heavy atom. The van der Waals surface area contributed by atoms with E-state index in [9.17, 15) is 18.0 Å². The molecule has 0 aliphatic heterocycles. The summed E-state index contributed by atoms with van der Waals surface area (Å²) in [6.07, 6.45) is -4.75. The van der Waals surface area contributed by atoms with Crippen LogP contribution in [0.3, 0.4) is 0 Å². The summed E-state index contributed by atoms with van der Waals surface area (Å²) in [6, 6.07) is 2.47. The molecule has 0 saturated heterocycles. The van der Waals surface area contributed by atoms with Gasteiger partial charge >= 0.3 is 6.36 Å². The van der Waals surface area contributed by atoms with Crippen LogP contribution in [0.4, 0.5) is 13.2 Å². The normalized spacial score (nSPS) is 11.4. The number of carbonyl (C=O) groups excluding carboxylic acids is 1. The summed E-state index contributed by atoms with van der Waals surface area (Å²) in [5, 5.41) is 0. The first kappa shape index (κ1) is 13.8. The minimum atomic E-state index is -4.75. The van der Waals surface area contributed by atoms with Crippen molar-refractivity contribution in [3.63, 3.8) is 0 Å². The molecule has 0 aliphatic carbocycles. The largest absolute Gasteiger partial charge is 0.573 e. The van der Waals surface area contributed by atoms with E-state index in [2.05, 4.69) is 20.7 Å². The van der Waals surface area contributed by atoms with Crippen LogP contribution in [-0.4, -0.2) is 12.1 Å². The van der Waals surface area contributed by atoms with Gasteiger partial charge in [-0.1, -0.05) is 0 Å². The van der Waals surface area contributed by atoms with Gasteiger partial charge in [0.2, 0.25) is 0 Å². The fourth-order valence-corrected chi connectivity index (χ4v) is 2.24. The van der Waals surface area contributed by atoms with Crippen molar-refractivity contribution in [3.05, 3.63) is 25.7 Å². The third kappa shape index (κ3) is 3.62. The molecule has 0 heterocycles. The Bertz CT molecular complexity index is 431. The second kappa shape index (κ2) is 4.91. The molecule has 0 fully saturated rings. The van der Waals surface area contributed by atoms with Crippen LogP contribution in [0.2, 0.25) is 0 Å². The van der Waals surface area contributed by atoms with Gasteiger partial charge in [-0.15, -0.1) is 13.2 Å². The van der Waals surface area contributed by atoms with E-state index >= 15 is 0 Å². The number of carbonyl (C=O) groups is 1. The lowest BCUT2D eigenvalue weighted by Gasteiger charge is -2.12. The summed E-state index contributed by atoms with van der Waals surface area (Å²) in [5.74, 6) is -0.578. The van der Waals surface area contributed by atoms with Crippen LogP contribution >= 0.6 is 38.5 Å². The van der Waals surface area contributed by atoms with Crippen molar-refractivity contribution in [1.82, 2.24) is 0 Å². The molecule has 0 aliphatic rings. The fraction of sp³-hybridized carbons (Fsp3) is 0.222.